The van der Waals surface area contributed by atoms with Gasteiger partial charge in [0.05, 0.1) is 80.8 Å². The second kappa shape index (κ2) is 32.7. The molecule has 4 aromatic carbocycles. The Morgan fingerprint density at radius 2 is 0.855 bits per heavy atom. The molecular formula is C85H94ClFN14O9. The number of halogens is 2. The number of hydrogen-bond acceptors (Lipinski definition) is 17. The summed E-state index contributed by atoms with van der Waals surface area (Å²) in [6.45, 7) is 27.6. The van der Waals surface area contributed by atoms with Crippen molar-refractivity contribution in [3.63, 3.8) is 0 Å². The third-order valence-electron chi connectivity index (χ3n) is 20.1. The van der Waals surface area contributed by atoms with Crippen LogP contribution in [0.4, 0.5) is 4.39 Å². The van der Waals surface area contributed by atoms with Gasteiger partial charge >= 0.3 is 0 Å². The SMILES string of the molecule is CC(C)(NC(=O)c1cccc2c1OCCNC2)c1ncc2c(Cl)cccn12.COc1cccn2c(C(C)(C)CC(=O)c3cccc4c3OCCNC4)ncc12.Cc1cccn2c(C(C)(C)CC(=O)c3cccc4c3OCCNC4)ncc12.Cc1nc(C(C)(C)NC(=O)c2cccc3c2OCCNC3)n2cccc(F)c12. The maximum absolute atomic E-state index is 14.2. The highest BCUT2D eigenvalue weighted by Crippen LogP contribution is 2.38. The lowest BCUT2D eigenvalue weighted by atomic mass is 9.84. The molecule has 0 atom stereocenters. The van der Waals surface area contributed by atoms with E-state index in [1.165, 1.54) is 11.6 Å². The van der Waals surface area contributed by atoms with Gasteiger partial charge in [0.2, 0.25) is 0 Å². The van der Waals surface area contributed by atoms with Gasteiger partial charge in [0.25, 0.3) is 11.8 Å². The first-order valence-corrected chi connectivity index (χ1v) is 37.4. The number of pyridine rings is 4. The Labute approximate surface area is 643 Å². The number of nitrogens with zero attached hydrogens (tertiary/aromatic N) is 8. The van der Waals surface area contributed by atoms with Crippen molar-refractivity contribution in [3.05, 3.63) is 255 Å². The van der Waals surface area contributed by atoms with Crippen molar-refractivity contribution in [1.82, 2.24) is 69.4 Å². The first-order valence-electron chi connectivity index (χ1n) is 37.1. The number of aryl methyl sites for hydroxylation is 2. The van der Waals surface area contributed by atoms with Crippen molar-refractivity contribution < 1.29 is 47.3 Å². The van der Waals surface area contributed by atoms with E-state index in [4.69, 9.17) is 35.3 Å². The van der Waals surface area contributed by atoms with E-state index in [2.05, 4.69) is 83.1 Å². The van der Waals surface area contributed by atoms with E-state index in [9.17, 15) is 23.6 Å². The quantitative estimate of drug-likeness (QED) is 0.0522. The molecule has 4 aliphatic rings. The molecule has 0 saturated carbocycles. The van der Waals surface area contributed by atoms with E-state index in [0.717, 1.165) is 94.7 Å². The van der Waals surface area contributed by atoms with Crippen LogP contribution in [0.1, 0.15) is 166 Å². The standard InChI is InChI=1S/C22H25N3O3.C22H25N3O2.C21H23FN4O2.C20H21ClN4O2/c1-22(2,21-24-14-17-19(27-3)8-5-10-25(17)21)12-18(26)16-7-4-6-15-13-23-9-11-28-20(15)16;1-15-6-5-10-25-18(15)14-24-21(25)22(2,3)12-19(26)17-8-4-7-16-13-23-9-11-27-20(16)17;1-13-17-16(22)8-5-10-26(17)20(24-13)21(2,3)25-19(27)15-7-4-6-14-12-23-9-11-28-18(14)15;1-20(2,19-23-12-16-15(21)7-4-9-25(16)19)24-18(26)14-6-3-5-13-11-22-8-10-27-17(13)14/h4-8,10,14,23H,9,11-13H2,1-3H3;4-8,10,14,23H,9,11-13H2,1-3H3;4-8,10,23H,9,11-12H2,1-3H3,(H,25,27);3-7,9,12,22H,8,10-11H2,1-2H3,(H,24,26). The lowest BCUT2D eigenvalue weighted by Crippen LogP contribution is -2.42. The van der Waals surface area contributed by atoms with Crippen LogP contribution in [0.25, 0.3) is 22.1 Å². The minimum absolute atomic E-state index is 0.0587. The summed E-state index contributed by atoms with van der Waals surface area (Å²) in [6, 6.07) is 37.4. The fourth-order valence-corrected chi connectivity index (χ4v) is 14.8. The summed E-state index contributed by atoms with van der Waals surface area (Å²) in [7, 11) is 1.65. The topological polar surface area (TPSA) is 256 Å². The molecule has 12 heterocycles. The number of aromatic nitrogens is 8. The van der Waals surface area contributed by atoms with Crippen molar-refractivity contribution in [2.45, 2.75) is 130 Å². The van der Waals surface area contributed by atoms with Crippen LogP contribution >= 0.6 is 11.6 Å². The van der Waals surface area contributed by atoms with E-state index >= 15 is 0 Å². The molecule has 25 heteroatoms. The molecule has 0 bridgehead atoms. The third kappa shape index (κ3) is 16.3. The largest absolute Gasteiger partial charge is 0.494 e. The average Bonchev–Trinajstić information content (AvgIpc) is 1.61. The molecule has 0 unspecified atom stereocenters. The molecule has 6 N–H and O–H groups in total. The first-order chi connectivity index (χ1) is 52.8. The molecule has 0 saturated heterocycles. The van der Waals surface area contributed by atoms with Crippen LogP contribution in [0.5, 0.6) is 28.7 Å². The number of amides is 2. The van der Waals surface area contributed by atoms with Gasteiger partial charge in [-0.2, -0.15) is 0 Å². The van der Waals surface area contributed by atoms with Gasteiger partial charge in [-0.15, -0.1) is 0 Å². The van der Waals surface area contributed by atoms with Crippen molar-refractivity contribution in [3.8, 4) is 28.7 Å². The number of rotatable bonds is 15. The normalized spacial score (nSPS) is 14.3. The maximum atomic E-state index is 14.2. The van der Waals surface area contributed by atoms with E-state index in [1.54, 1.807) is 55.2 Å². The third-order valence-corrected chi connectivity index (χ3v) is 20.4. The van der Waals surface area contributed by atoms with Gasteiger partial charge in [0.15, 0.2) is 11.6 Å². The number of methoxy groups -OCH3 is 1. The van der Waals surface area contributed by atoms with Gasteiger partial charge in [-0.25, -0.2) is 24.3 Å². The second-order valence-corrected chi connectivity index (χ2v) is 30.5. The second-order valence-electron chi connectivity index (χ2n) is 30.1. The van der Waals surface area contributed by atoms with Crippen molar-refractivity contribution >= 4 is 57.0 Å². The van der Waals surface area contributed by atoms with Gasteiger partial charge in [-0.1, -0.05) is 93.9 Å². The van der Waals surface area contributed by atoms with Gasteiger partial charge < -0.3 is 64.4 Å². The molecule has 0 aliphatic carbocycles. The lowest BCUT2D eigenvalue weighted by Gasteiger charge is -2.26. The molecule has 16 rings (SSSR count). The number of imidazole rings is 4. The fourth-order valence-electron chi connectivity index (χ4n) is 14.6. The molecule has 0 spiro atoms. The van der Waals surface area contributed by atoms with E-state index in [1.807, 2.05) is 166 Å². The van der Waals surface area contributed by atoms with E-state index in [0.29, 0.717) is 126 Å². The Balaban J connectivity index is 0.000000129. The number of benzene rings is 4. The fraction of sp³-hybridized carbons (Fsp3) is 0.341. The zero-order chi connectivity index (χ0) is 77.7. The van der Waals surface area contributed by atoms with Crippen LogP contribution in [0.3, 0.4) is 0 Å². The molecular weight excluding hydrogens is 1420 g/mol. The average molecular weight is 1510 g/mol. The zero-order valence-corrected chi connectivity index (χ0v) is 64.8. The number of carbonyl (C=O) groups is 4. The Bertz CT molecular complexity index is 5260. The molecule has 110 heavy (non-hydrogen) atoms. The van der Waals surface area contributed by atoms with Gasteiger partial charge in [0, 0.05) is 123 Å². The number of ether oxygens (including phenoxy) is 5. The lowest BCUT2D eigenvalue weighted by molar-refractivity contribution is 0.0895. The van der Waals surface area contributed by atoms with Crippen LogP contribution < -0.4 is 55.6 Å². The zero-order valence-electron chi connectivity index (χ0n) is 64.0. The molecule has 8 aromatic heterocycles. The van der Waals surface area contributed by atoms with Crippen LogP contribution in [0, 0.1) is 19.7 Å². The van der Waals surface area contributed by atoms with Gasteiger partial charge in [-0.3, -0.25) is 28.0 Å². The van der Waals surface area contributed by atoms with Crippen LogP contribution in [0.2, 0.25) is 5.02 Å². The van der Waals surface area contributed by atoms with Crippen molar-refractivity contribution in [2.24, 2.45) is 0 Å². The van der Waals surface area contributed by atoms with Gasteiger partial charge in [0.1, 0.15) is 95.3 Å². The Kier molecular flexibility index (Phi) is 22.9. The molecule has 0 fully saturated rings. The molecule has 12 aromatic rings. The van der Waals surface area contributed by atoms with Crippen LogP contribution in [-0.2, 0) is 48.1 Å². The number of fused-ring (bicyclic) bond motifs is 8. The minimum Gasteiger partial charge on any atom is -0.494 e. The number of para-hydroxylation sites is 4. The predicted molar refractivity (Wildman–Crippen MR) is 421 cm³/mol. The number of Topliss-reactive ketones (excluding diaryl/α,β-unsaturated/α-hetero) is 2. The maximum Gasteiger partial charge on any atom is 0.255 e. The molecule has 4 aliphatic heterocycles. The summed E-state index contributed by atoms with van der Waals surface area (Å²) in [6.07, 6.45) is 13.7. The Morgan fingerprint density at radius 3 is 1.34 bits per heavy atom. The monoisotopic (exact) mass is 1510 g/mol. The minimum atomic E-state index is -0.826. The summed E-state index contributed by atoms with van der Waals surface area (Å²) in [5.74, 6) is 5.82. The Morgan fingerprint density at radius 1 is 0.473 bits per heavy atom. The van der Waals surface area contributed by atoms with Crippen LogP contribution in [-0.4, -0.2) is 121 Å². The van der Waals surface area contributed by atoms with Crippen molar-refractivity contribution in [2.75, 3.05) is 59.7 Å². The molecule has 23 nitrogen and oxygen atoms in total. The number of nitrogens with one attached hydrogen (secondary N) is 6. The van der Waals surface area contributed by atoms with E-state index < -0.39 is 21.9 Å². The summed E-state index contributed by atoms with van der Waals surface area (Å²) in [4.78, 5) is 70.9. The Hall–Kier alpha value is -11.0. The van der Waals surface area contributed by atoms with E-state index in [-0.39, 0.29) is 29.2 Å². The smallest absolute Gasteiger partial charge is 0.255 e. The summed E-state index contributed by atoms with van der Waals surface area (Å²) < 4.78 is 50.8. The first kappa shape index (κ1) is 77.1. The highest BCUT2D eigenvalue weighted by atomic mass is 35.5. The number of hydrogen-bond donors (Lipinski definition) is 6. The number of carbonyl (C=O) groups excluding carboxylic acids is 4. The number of ketones is 2. The summed E-state index contributed by atoms with van der Waals surface area (Å²) >= 11 is 6.25. The van der Waals surface area contributed by atoms with Gasteiger partial charge in [-0.05, 0) is 114 Å². The highest BCUT2D eigenvalue weighted by Gasteiger charge is 2.36. The highest BCUT2D eigenvalue weighted by molar-refractivity contribution is 6.33. The van der Waals surface area contributed by atoms with Crippen molar-refractivity contribution in [1.29, 1.82) is 0 Å². The molecule has 0 radical (unpaired) electrons. The molecule has 2 amide bonds. The van der Waals surface area contributed by atoms with Crippen LogP contribution in [0.15, 0.2) is 165 Å². The molecule has 572 valence electrons. The summed E-state index contributed by atoms with van der Waals surface area (Å²) in [5, 5.41) is 19.9. The summed E-state index contributed by atoms with van der Waals surface area (Å²) in [5.41, 5.74) is 8.89. The predicted octanol–water partition coefficient (Wildman–Crippen LogP) is 13.1.